The molecule has 0 spiro atoms. The minimum Gasteiger partial charge on any atom is -0.274 e. The fourth-order valence-electron chi connectivity index (χ4n) is 1.50. The third-order valence-corrected chi connectivity index (χ3v) is 4.08. The number of benzene rings is 1. The van der Waals surface area contributed by atoms with Crippen LogP contribution in [0.1, 0.15) is 5.56 Å². The van der Waals surface area contributed by atoms with Gasteiger partial charge in [-0.05, 0) is 30.7 Å². The Bertz CT molecular complexity index is 766. The number of sulfonamides is 1. The smallest absolute Gasteiger partial charge is 0.262 e. The van der Waals surface area contributed by atoms with Gasteiger partial charge < -0.3 is 0 Å². The summed E-state index contributed by atoms with van der Waals surface area (Å²) in [7, 11) is -4.15. The third kappa shape index (κ3) is 2.88. The minimum absolute atomic E-state index is 0.0435. The number of rotatable bonds is 3. The van der Waals surface area contributed by atoms with Crippen molar-refractivity contribution >= 4 is 27.3 Å². The second-order valence-corrected chi connectivity index (χ2v) is 6.04. The molecule has 0 fully saturated rings. The second kappa shape index (κ2) is 5.34. The molecule has 0 saturated heterocycles. The van der Waals surface area contributed by atoms with E-state index in [-0.39, 0.29) is 15.6 Å². The van der Waals surface area contributed by atoms with Gasteiger partial charge in [-0.2, -0.15) is 0 Å². The van der Waals surface area contributed by atoms with E-state index in [2.05, 4.69) is 4.98 Å². The number of aryl methyl sites for hydroxylation is 1. The Morgan fingerprint density at radius 1 is 1.25 bits per heavy atom. The monoisotopic (exact) mass is 318 g/mol. The normalized spacial score (nSPS) is 11.4. The molecule has 2 rings (SSSR count). The molecule has 0 bridgehead atoms. The highest BCUT2D eigenvalue weighted by Crippen LogP contribution is 2.25. The Hall–Kier alpha value is -1.73. The average Bonchev–Trinajstić information content (AvgIpc) is 2.39. The lowest BCUT2D eigenvalue weighted by Crippen LogP contribution is -2.15. The Morgan fingerprint density at radius 3 is 2.60 bits per heavy atom. The Morgan fingerprint density at radius 2 is 1.95 bits per heavy atom. The first-order chi connectivity index (χ1) is 9.31. The van der Waals surface area contributed by atoms with Crippen LogP contribution in [0.4, 0.5) is 14.5 Å². The van der Waals surface area contributed by atoms with Crippen LogP contribution in [0.5, 0.6) is 0 Å². The highest BCUT2D eigenvalue weighted by atomic mass is 35.5. The molecule has 4 nitrogen and oxygen atoms in total. The van der Waals surface area contributed by atoms with Gasteiger partial charge in [-0.15, -0.1) is 0 Å². The summed E-state index contributed by atoms with van der Waals surface area (Å²) < 4.78 is 53.3. The molecule has 0 atom stereocenters. The lowest BCUT2D eigenvalue weighted by atomic mass is 10.2. The maximum atomic E-state index is 13.8. The molecule has 0 aliphatic carbocycles. The molecular weight excluding hydrogens is 310 g/mol. The van der Waals surface area contributed by atoms with Crippen molar-refractivity contribution in [3.05, 3.63) is 52.8 Å². The Labute approximate surface area is 119 Å². The fraction of sp³-hybridized carbons (Fsp3) is 0.0833. The lowest BCUT2D eigenvalue weighted by molar-refractivity contribution is 0.579. The predicted octanol–water partition coefficient (Wildman–Crippen LogP) is 3.12. The zero-order valence-corrected chi connectivity index (χ0v) is 11.8. The van der Waals surface area contributed by atoms with Gasteiger partial charge in [0.25, 0.3) is 10.0 Å². The molecule has 20 heavy (non-hydrogen) atoms. The average molecular weight is 319 g/mol. The first kappa shape index (κ1) is 14.7. The van der Waals surface area contributed by atoms with Gasteiger partial charge in [-0.25, -0.2) is 22.2 Å². The SMILES string of the molecule is Cc1ccc(F)c(NS(=O)(=O)c2ccnc(Cl)c2)c1F. The third-order valence-electron chi connectivity index (χ3n) is 2.53. The summed E-state index contributed by atoms with van der Waals surface area (Å²) in [6.07, 6.45) is 1.18. The van der Waals surface area contributed by atoms with Crippen molar-refractivity contribution in [3.63, 3.8) is 0 Å². The van der Waals surface area contributed by atoms with Crippen LogP contribution in [0, 0.1) is 18.6 Å². The van der Waals surface area contributed by atoms with Gasteiger partial charge in [-0.3, -0.25) is 4.72 Å². The van der Waals surface area contributed by atoms with Gasteiger partial charge in [0.1, 0.15) is 16.7 Å². The molecular formula is C12H9ClF2N2O2S. The zero-order valence-electron chi connectivity index (χ0n) is 10.2. The van der Waals surface area contributed by atoms with E-state index in [9.17, 15) is 17.2 Å². The number of hydrogen-bond acceptors (Lipinski definition) is 3. The summed E-state index contributed by atoms with van der Waals surface area (Å²) in [6, 6.07) is 4.44. The van der Waals surface area contributed by atoms with Crippen molar-refractivity contribution in [1.29, 1.82) is 0 Å². The minimum atomic E-state index is -4.15. The molecule has 0 aliphatic rings. The number of pyridine rings is 1. The van der Waals surface area contributed by atoms with E-state index in [4.69, 9.17) is 11.6 Å². The van der Waals surface area contributed by atoms with E-state index in [1.54, 1.807) is 0 Å². The van der Waals surface area contributed by atoms with Gasteiger partial charge in [0, 0.05) is 6.20 Å². The van der Waals surface area contributed by atoms with Gasteiger partial charge in [0.2, 0.25) is 0 Å². The largest absolute Gasteiger partial charge is 0.274 e. The van der Waals surface area contributed by atoms with Crippen molar-refractivity contribution in [1.82, 2.24) is 4.98 Å². The Balaban J connectivity index is 2.47. The highest BCUT2D eigenvalue weighted by molar-refractivity contribution is 7.92. The van der Waals surface area contributed by atoms with E-state index < -0.39 is 27.3 Å². The Kier molecular flexibility index (Phi) is 3.92. The van der Waals surface area contributed by atoms with Gasteiger partial charge in [0.05, 0.1) is 4.90 Å². The standard InChI is InChI=1S/C12H9ClF2N2O2S/c1-7-2-3-9(14)12(11(7)15)17-20(18,19)8-4-5-16-10(13)6-8/h2-6,17H,1H3. The van der Waals surface area contributed by atoms with Crippen LogP contribution in [0.15, 0.2) is 35.4 Å². The topological polar surface area (TPSA) is 59.1 Å². The quantitative estimate of drug-likeness (QED) is 0.885. The summed E-state index contributed by atoms with van der Waals surface area (Å²) in [6.45, 7) is 1.40. The first-order valence-electron chi connectivity index (χ1n) is 5.40. The van der Waals surface area contributed by atoms with Crippen LogP contribution in [-0.4, -0.2) is 13.4 Å². The molecule has 0 unspecified atom stereocenters. The molecule has 2 aromatic rings. The molecule has 1 heterocycles. The number of aromatic nitrogens is 1. The van der Waals surface area contributed by atoms with Crippen LogP contribution < -0.4 is 4.72 Å². The maximum absolute atomic E-state index is 13.8. The van der Waals surface area contributed by atoms with Crippen molar-refractivity contribution in [3.8, 4) is 0 Å². The van der Waals surface area contributed by atoms with Crippen LogP contribution in [0.25, 0.3) is 0 Å². The van der Waals surface area contributed by atoms with E-state index >= 15 is 0 Å². The molecule has 8 heteroatoms. The van der Waals surface area contributed by atoms with Crippen molar-refractivity contribution in [2.45, 2.75) is 11.8 Å². The number of halogens is 3. The van der Waals surface area contributed by atoms with Crippen LogP contribution in [0.3, 0.4) is 0 Å². The van der Waals surface area contributed by atoms with Gasteiger partial charge in [-0.1, -0.05) is 17.7 Å². The molecule has 1 aromatic heterocycles. The molecule has 0 saturated carbocycles. The summed E-state index contributed by atoms with van der Waals surface area (Å²) in [5, 5.41) is -0.0435. The van der Waals surface area contributed by atoms with E-state index in [0.29, 0.717) is 0 Å². The van der Waals surface area contributed by atoms with Gasteiger partial charge >= 0.3 is 0 Å². The second-order valence-electron chi connectivity index (χ2n) is 3.97. The van der Waals surface area contributed by atoms with E-state index in [1.165, 1.54) is 25.3 Å². The van der Waals surface area contributed by atoms with Crippen molar-refractivity contribution in [2.24, 2.45) is 0 Å². The number of anilines is 1. The highest BCUT2D eigenvalue weighted by Gasteiger charge is 2.20. The van der Waals surface area contributed by atoms with Gasteiger partial charge in [0.15, 0.2) is 5.82 Å². The van der Waals surface area contributed by atoms with Crippen LogP contribution >= 0.6 is 11.6 Å². The molecule has 0 amide bonds. The van der Waals surface area contributed by atoms with E-state index in [0.717, 1.165) is 12.1 Å². The molecule has 1 aromatic carbocycles. The molecule has 106 valence electrons. The molecule has 0 aliphatic heterocycles. The number of nitrogens with one attached hydrogen (secondary N) is 1. The number of nitrogens with zero attached hydrogens (tertiary/aromatic N) is 1. The van der Waals surface area contributed by atoms with Crippen molar-refractivity contribution in [2.75, 3.05) is 4.72 Å². The summed E-state index contributed by atoms with van der Waals surface area (Å²) in [5.74, 6) is -1.97. The van der Waals surface area contributed by atoms with E-state index in [1.807, 2.05) is 4.72 Å². The van der Waals surface area contributed by atoms with Crippen LogP contribution in [0.2, 0.25) is 5.15 Å². The molecule has 1 N–H and O–H groups in total. The summed E-state index contributed by atoms with van der Waals surface area (Å²) in [5.41, 5.74) is -0.602. The fourth-order valence-corrected chi connectivity index (χ4v) is 2.81. The molecule has 0 radical (unpaired) electrons. The van der Waals surface area contributed by atoms with Crippen LogP contribution in [-0.2, 0) is 10.0 Å². The zero-order chi connectivity index (χ0) is 14.9. The summed E-state index contributed by atoms with van der Waals surface area (Å²) in [4.78, 5) is 3.40. The lowest BCUT2D eigenvalue weighted by Gasteiger charge is -2.11. The maximum Gasteiger partial charge on any atom is 0.262 e. The van der Waals surface area contributed by atoms with Crippen molar-refractivity contribution < 1.29 is 17.2 Å². The number of hydrogen-bond donors (Lipinski definition) is 1. The predicted molar refractivity (Wildman–Crippen MR) is 71.2 cm³/mol. The summed E-state index contributed by atoms with van der Waals surface area (Å²) >= 11 is 5.59. The first-order valence-corrected chi connectivity index (χ1v) is 7.26.